The van der Waals surface area contributed by atoms with E-state index in [0.717, 1.165) is 25.8 Å². The number of aliphatic carboxylic acids is 1. The average Bonchev–Trinajstić information content (AvgIpc) is 2.33. The summed E-state index contributed by atoms with van der Waals surface area (Å²) in [5.74, 6) is -0.121. The number of carbonyl (C=O) groups excluding carboxylic acids is 1. The van der Waals surface area contributed by atoms with Gasteiger partial charge in [-0.1, -0.05) is 20.8 Å². The maximum atomic E-state index is 12.3. The monoisotopic (exact) mass is 287 g/mol. The first-order valence-electron chi connectivity index (χ1n) is 6.95. The highest BCUT2D eigenvalue weighted by Gasteiger charge is 2.27. The third kappa shape index (κ3) is 6.32. The lowest BCUT2D eigenvalue weighted by Crippen LogP contribution is -2.45. The summed E-state index contributed by atoms with van der Waals surface area (Å²) >= 11 is 1.65. The molecule has 5 heteroatoms. The second-order valence-electron chi connectivity index (χ2n) is 6.07. The smallest absolute Gasteiger partial charge is 0.303 e. The summed E-state index contributed by atoms with van der Waals surface area (Å²) in [5, 5.41) is 8.77. The highest BCUT2D eigenvalue weighted by Crippen LogP contribution is 2.26. The van der Waals surface area contributed by atoms with Crippen LogP contribution in [0.5, 0.6) is 0 Å². The maximum Gasteiger partial charge on any atom is 0.303 e. The predicted octanol–water partition coefficient (Wildman–Crippen LogP) is 2.76. The zero-order valence-corrected chi connectivity index (χ0v) is 13.0. The summed E-state index contributed by atoms with van der Waals surface area (Å²) in [4.78, 5) is 24.8. The van der Waals surface area contributed by atoms with Crippen LogP contribution in [0.1, 0.15) is 52.9 Å². The van der Waals surface area contributed by atoms with Crippen LogP contribution in [-0.2, 0) is 9.59 Å². The van der Waals surface area contributed by atoms with Crippen LogP contribution in [0, 0.1) is 0 Å². The van der Waals surface area contributed by atoms with Gasteiger partial charge >= 0.3 is 5.97 Å². The molecule has 4 nitrogen and oxygen atoms in total. The second kappa shape index (κ2) is 7.17. The number of thioether (sulfide) groups is 1. The van der Waals surface area contributed by atoms with Crippen molar-refractivity contribution in [3.63, 3.8) is 0 Å². The molecule has 0 spiro atoms. The number of hydrogen-bond donors (Lipinski definition) is 1. The van der Waals surface area contributed by atoms with Crippen molar-refractivity contribution in [1.82, 2.24) is 4.90 Å². The Morgan fingerprint density at radius 2 is 2.00 bits per heavy atom. The van der Waals surface area contributed by atoms with Crippen LogP contribution in [-0.4, -0.2) is 45.0 Å². The van der Waals surface area contributed by atoms with Crippen LogP contribution < -0.4 is 0 Å². The zero-order valence-electron chi connectivity index (χ0n) is 12.1. The van der Waals surface area contributed by atoms with Crippen molar-refractivity contribution in [3.05, 3.63) is 0 Å². The Bertz CT molecular complexity index is 325. The van der Waals surface area contributed by atoms with E-state index in [0.29, 0.717) is 12.2 Å². The van der Waals surface area contributed by atoms with Gasteiger partial charge in [-0.2, -0.15) is 0 Å². The molecule has 1 aliphatic rings. The normalized spacial score (nSPS) is 20.4. The largest absolute Gasteiger partial charge is 0.481 e. The first-order chi connectivity index (χ1) is 8.79. The van der Waals surface area contributed by atoms with Gasteiger partial charge in [-0.05, 0) is 25.7 Å². The Hall–Kier alpha value is -0.710. The highest BCUT2D eigenvalue weighted by atomic mass is 32.2. The molecular weight excluding hydrogens is 262 g/mol. The molecule has 1 amide bonds. The minimum atomic E-state index is -0.776. The predicted molar refractivity (Wildman–Crippen MR) is 78.4 cm³/mol. The topological polar surface area (TPSA) is 57.6 Å². The number of hydrogen-bond acceptors (Lipinski definition) is 3. The summed E-state index contributed by atoms with van der Waals surface area (Å²) in [6, 6.07) is 0.123. The van der Waals surface area contributed by atoms with Crippen LogP contribution in [0.3, 0.4) is 0 Å². The van der Waals surface area contributed by atoms with Crippen LogP contribution in [0.4, 0.5) is 0 Å². The standard InChI is InChI=1S/C14H25NO3S/c1-14(2,3)19-10-12(16)15-9-5-4-6-11(15)7-8-13(17)18/h11H,4-10H2,1-3H3,(H,17,18). The fourth-order valence-electron chi connectivity index (χ4n) is 2.28. The number of piperidine rings is 1. The molecule has 1 atom stereocenters. The third-order valence-corrected chi connectivity index (χ3v) is 4.52. The summed E-state index contributed by atoms with van der Waals surface area (Å²) < 4.78 is 0.0853. The maximum absolute atomic E-state index is 12.3. The quantitative estimate of drug-likeness (QED) is 0.844. The summed E-state index contributed by atoms with van der Waals surface area (Å²) in [6.07, 6.45) is 3.82. The number of amides is 1. The van der Waals surface area contributed by atoms with Crippen molar-refractivity contribution in [2.45, 2.75) is 63.7 Å². The molecule has 1 heterocycles. The number of likely N-dealkylation sites (tertiary alicyclic amines) is 1. The molecular formula is C14H25NO3S. The van der Waals surface area contributed by atoms with Crippen molar-refractivity contribution in [2.24, 2.45) is 0 Å². The molecule has 0 aromatic heterocycles. The van der Waals surface area contributed by atoms with Gasteiger partial charge < -0.3 is 10.0 Å². The van der Waals surface area contributed by atoms with Gasteiger partial charge in [0.15, 0.2) is 0 Å². The van der Waals surface area contributed by atoms with Crippen molar-refractivity contribution < 1.29 is 14.7 Å². The molecule has 110 valence electrons. The van der Waals surface area contributed by atoms with Crippen LogP contribution in [0.15, 0.2) is 0 Å². The minimum Gasteiger partial charge on any atom is -0.481 e. The van der Waals surface area contributed by atoms with E-state index in [-0.39, 0.29) is 23.1 Å². The Morgan fingerprint density at radius 1 is 1.32 bits per heavy atom. The number of carboxylic acid groups (broad SMARTS) is 1. The Kier molecular flexibility index (Phi) is 6.17. The second-order valence-corrected chi connectivity index (χ2v) is 7.87. The molecule has 1 aliphatic heterocycles. The van der Waals surface area contributed by atoms with E-state index in [1.807, 2.05) is 4.90 Å². The van der Waals surface area contributed by atoms with Crippen molar-refractivity contribution in [2.75, 3.05) is 12.3 Å². The van der Waals surface area contributed by atoms with E-state index >= 15 is 0 Å². The van der Waals surface area contributed by atoms with E-state index in [1.165, 1.54) is 0 Å². The van der Waals surface area contributed by atoms with Gasteiger partial charge in [-0.3, -0.25) is 9.59 Å². The van der Waals surface area contributed by atoms with Gasteiger partial charge in [-0.25, -0.2) is 0 Å². The lowest BCUT2D eigenvalue weighted by molar-refractivity contribution is -0.139. The Morgan fingerprint density at radius 3 is 2.58 bits per heavy atom. The zero-order chi connectivity index (χ0) is 14.5. The fourth-order valence-corrected chi connectivity index (χ4v) is 3.00. The summed E-state index contributed by atoms with van der Waals surface area (Å²) in [7, 11) is 0. The first-order valence-corrected chi connectivity index (χ1v) is 7.93. The molecule has 0 bridgehead atoms. The van der Waals surface area contributed by atoms with Gasteiger partial charge in [0.1, 0.15) is 0 Å². The van der Waals surface area contributed by atoms with E-state index in [9.17, 15) is 9.59 Å². The van der Waals surface area contributed by atoms with Crippen molar-refractivity contribution in [3.8, 4) is 0 Å². The van der Waals surface area contributed by atoms with Crippen LogP contribution in [0.25, 0.3) is 0 Å². The fraction of sp³-hybridized carbons (Fsp3) is 0.857. The lowest BCUT2D eigenvalue weighted by Gasteiger charge is -2.36. The molecule has 0 aromatic rings. The van der Waals surface area contributed by atoms with Crippen molar-refractivity contribution >= 4 is 23.6 Å². The van der Waals surface area contributed by atoms with Crippen LogP contribution in [0.2, 0.25) is 0 Å². The van der Waals surface area contributed by atoms with E-state index in [2.05, 4.69) is 20.8 Å². The van der Waals surface area contributed by atoms with Crippen molar-refractivity contribution in [1.29, 1.82) is 0 Å². The summed E-state index contributed by atoms with van der Waals surface area (Å²) in [5.41, 5.74) is 0. The molecule has 1 fully saturated rings. The molecule has 0 saturated carbocycles. The SMILES string of the molecule is CC(C)(C)SCC(=O)N1CCCCC1CCC(=O)O. The number of carboxylic acids is 1. The van der Waals surface area contributed by atoms with Gasteiger partial charge in [-0.15, -0.1) is 11.8 Å². The molecule has 0 radical (unpaired) electrons. The number of carbonyl (C=O) groups is 2. The highest BCUT2D eigenvalue weighted by molar-refractivity contribution is 8.01. The van der Waals surface area contributed by atoms with E-state index < -0.39 is 5.97 Å². The molecule has 19 heavy (non-hydrogen) atoms. The van der Waals surface area contributed by atoms with Gasteiger partial charge in [0.05, 0.1) is 5.75 Å². The molecule has 1 rings (SSSR count). The van der Waals surface area contributed by atoms with Crippen LogP contribution >= 0.6 is 11.8 Å². The number of rotatable bonds is 5. The third-order valence-electron chi connectivity index (χ3n) is 3.27. The van der Waals surface area contributed by atoms with Gasteiger partial charge in [0.2, 0.25) is 5.91 Å². The van der Waals surface area contributed by atoms with Gasteiger partial charge in [0, 0.05) is 23.8 Å². The molecule has 1 saturated heterocycles. The molecule has 1 unspecified atom stereocenters. The summed E-state index contributed by atoms with van der Waals surface area (Å²) in [6.45, 7) is 7.09. The number of nitrogens with zero attached hydrogens (tertiary/aromatic N) is 1. The average molecular weight is 287 g/mol. The van der Waals surface area contributed by atoms with E-state index in [1.54, 1.807) is 11.8 Å². The Labute approximate surface area is 119 Å². The molecule has 0 aromatic carbocycles. The minimum absolute atomic E-state index is 0.0853. The lowest BCUT2D eigenvalue weighted by atomic mass is 9.98. The van der Waals surface area contributed by atoms with E-state index in [4.69, 9.17) is 5.11 Å². The molecule has 0 aliphatic carbocycles. The Balaban J connectivity index is 2.50. The molecule has 1 N–H and O–H groups in total. The van der Waals surface area contributed by atoms with Gasteiger partial charge in [0.25, 0.3) is 0 Å². The first kappa shape index (κ1) is 16.3.